The number of para-hydroxylation sites is 1. The molecule has 0 unspecified atom stereocenters. The molecule has 27 heavy (non-hydrogen) atoms. The predicted octanol–water partition coefficient (Wildman–Crippen LogP) is 2.81. The summed E-state index contributed by atoms with van der Waals surface area (Å²) in [7, 11) is 2.90. The van der Waals surface area contributed by atoms with Crippen LogP contribution in [-0.4, -0.2) is 24.6 Å². The molecule has 0 fully saturated rings. The molecule has 0 aliphatic heterocycles. The molecule has 2 aromatic carbocycles. The first kappa shape index (κ1) is 18.2. The van der Waals surface area contributed by atoms with E-state index in [-0.39, 0.29) is 16.9 Å². The lowest BCUT2D eigenvalue weighted by molar-refractivity contribution is 0.103. The Bertz CT molecular complexity index is 1040. The summed E-state index contributed by atoms with van der Waals surface area (Å²) in [6, 6.07) is 12.7. The van der Waals surface area contributed by atoms with E-state index in [9.17, 15) is 14.0 Å². The van der Waals surface area contributed by atoms with Crippen molar-refractivity contribution in [1.29, 1.82) is 0 Å². The van der Waals surface area contributed by atoms with Crippen LogP contribution in [0.25, 0.3) is 5.69 Å². The van der Waals surface area contributed by atoms with Gasteiger partial charge in [0.2, 0.25) is 0 Å². The van der Waals surface area contributed by atoms with Gasteiger partial charge in [0.1, 0.15) is 28.8 Å². The Morgan fingerprint density at radius 3 is 2.11 bits per heavy atom. The van der Waals surface area contributed by atoms with Crippen molar-refractivity contribution in [3.63, 3.8) is 0 Å². The monoisotopic (exact) mass is 368 g/mol. The van der Waals surface area contributed by atoms with Crippen LogP contribution in [0.1, 0.15) is 15.9 Å². The van der Waals surface area contributed by atoms with Crippen LogP contribution in [0, 0.1) is 5.82 Å². The lowest BCUT2D eigenvalue weighted by atomic mass is 10.0. The minimum Gasteiger partial charge on any atom is -0.494 e. The Morgan fingerprint density at radius 2 is 1.56 bits per heavy atom. The second-order valence-corrected chi connectivity index (χ2v) is 5.65. The number of aromatic nitrogens is 1. The number of carbonyl (C=O) groups excluding carboxylic acids is 1. The normalized spacial score (nSPS) is 10.5. The number of halogens is 1. The van der Waals surface area contributed by atoms with Crippen LogP contribution in [-0.2, 0) is 0 Å². The molecule has 0 aliphatic carbocycles. The topological polar surface area (TPSA) is 83.5 Å². The number of nitrogens with zero attached hydrogens (tertiary/aromatic N) is 1. The van der Waals surface area contributed by atoms with E-state index in [0.29, 0.717) is 17.2 Å². The Hall–Kier alpha value is -3.61. The zero-order valence-electron chi connectivity index (χ0n) is 14.7. The van der Waals surface area contributed by atoms with Crippen molar-refractivity contribution >= 4 is 11.6 Å². The van der Waals surface area contributed by atoms with E-state index in [1.807, 2.05) is 0 Å². The van der Waals surface area contributed by atoms with Crippen LogP contribution in [0.3, 0.4) is 0 Å². The van der Waals surface area contributed by atoms with E-state index in [2.05, 4.69) is 0 Å². The van der Waals surface area contributed by atoms with Gasteiger partial charge in [0, 0.05) is 11.6 Å². The van der Waals surface area contributed by atoms with Gasteiger partial charge >= 0.3 is 0 Å². The largest absolute Gasteiger partial charge is 0.494 e. The lowest BCUT2D eigenvalue weighted by Gasteiger charge is -2.18. The van der Waals surface area contributed by atoms with Crippen LogP contribution in [0.2, 0.25) is 0 Å². The van der Waals surface area contributed by atoms with Gasteiger partial charge in [-0.05, 0) is 42.5 Å². The highest BCUT2D eigenvalue weighted by molar-refractivity contribution is 6.11. The van der Waals surface area contributed by atoms with Gasteiger partial charge in [0.25, 0.3) is 5.56 Å². The highest BCUT2D eigenvalue weighted by Gasteiger charge is 2.21. The molecule has 0 saturated carbocycles. The average Bonchev–Trinajstić information content (AvgIpc) is 2.68. The Balaban J connectivity index is 2.23. The molecule has 2 N–H and O–H groups in total. The number of rotatable bonds is 5. The van der Waals surface area contributed by atoms with Gasteiger partial charge in [0.05, 0.1) is 19.8 Å². The molecule has 0 saturated heterocycles. The Labute approximate surface area is 154 Å². The van der Waals surface area contributed by atoms with Crippen molar-refractivity contribution < 1.29 is 18.7 Å². The molecular weight excluding hydrogens is 351 g/mol. The summed E-state index contributed by atoms with van der Waals surface area (Å²) in [5.74, 6) is -0.248. The number of hydrogen-bond acceptors (Lipinski definition) is 5. The SMILES string of the molecule is COc1cccc(OC)c1-n1c(N)c(C(=O)c2ccc(F)cc2)ccc1=O. The summed E-state index contributed by atoms with van der Waals surface area (Å²) >= 11 is 0. The van der Waals surface area contributed by atoms with Crippen molar-refractivity contribution in [2.24, 2.45) is 0 Å². The van der Waals surface area contributed by atoms with Crippen molar-refractivity contribution in [2.45, 2.75) is 0 Å². The third-order valence-corrected chi connectivity index (χ3v) is 4.11. The van der Waals surface area contributed by atoms with Crippen molar-refractivity contribution in [1.82, 2.24) is 4.57 Å². The molecule has 138 valence electrons. The average molecular weight is 368 g/mol. The van der Waals surface area contributed by atoms with E-state index >= 15 is 0 Å². The van der Waals surface area contributed by atoms with Gasteiger partial charge in [-0.3, -0.25) is 14.2 Å². The molecule has 0 bridgehead atoms. The number of methoxy groups -OCH3 is 2. The standard InChI is InChI=1S/C20H17FN2O4/c1-26-15-4-3-5-16(27-2)18(15)23-17(24)11-10-14(20(23)22)19(25)12-6-8-13(21)9-7-12/h3-11H,22H2,1-2H3. The molecule has 0 amide bonds. The molecule has 0 spiro atoms. The summed E-state index contributed by atoms with van der Waals surface area (Å²) < 4.78 is 24.9. The first-order valence-electron chi connectivity index (χ1n) is 8.01. The molecule has 7 heteroatoms. The fourth-order valence-electron chi connectivity index (χ4n) is 2.79. The van der Waals surface area contributed by atoms with E-state index in [1.165, 1.54) is 50.6 Å². The van der Waals surface area contributed by atoms with E-state index in [1.54, 1.807) is 18.2 Å². The van der Waals surface area contributed by atoms with Crippen LogP contribution in [0.5, 0.6) is 11.5 Å². The summed E-state index contributed by atoms with van der Waals surface area (Å²) in [4.78, 5) is 25.3. The number of carbonyl (C=O) groups is 1. The maximum atomic E-state index is 13.1. The number of nitrogen functional groups attached to an aromatic ring is 1. The molecule has 1 aromatic heterocycles. The molecule has 3 aromatic rings. The van der Waals surface area contributed by atoms with Crippen LogP contribution in [0.15, 0.2) is 59.4 Å². The number of ether oxygens (including phenoxy) is 2. The fraction of sp³-hybridized carbons (Fsp3) is 0.100. The number of pyridine rings is 1. The molecule has 0 atom stereocenters. The fourth-order valence-corrected chi connectivity index (χ4v) is 2.79. The summed E-state index contributed by atoms with van der Waals surface area (Å²) in [5.41, 5.74) is 6.38. The molecule has 1 heterocycles. The first-order chi connectivity index (χ1) is 13.0. The van der Waals surface area contributed by atoms with Crippen molar-refractivity contribution in [2.75, 3.05) is 20.0 Å². The third kappa shape index (κ3) is 3.27. The molecule has 0 aliphatic rings. The molecular formula is C20H17FN2O4. The van der Waals surface area contributed by atoms with Crippen LogP contribution < -0.4 is 20.8 Å². The smallest absolute Gasteiger partial charge is 0.256 e. The number of hydrogen-bond donors (Lipinski definition) is 1. The van der Waals surface area contributed by atoms with Gasteiger partial charge in [-0.1, -0.05) is 6.07 Å². The molecule has 0 radical (unpaired) electrons. The van der Waals surface area contributed by atoms with E-state index in [4.69, 9.17) is 15.2 Å². The minimum absolute atomic E-state index is 0.0698. The molecule has 6 nitrogen and oxygen atoms in total. The highest BCUT2D eigenvalue weighted by Crippen LogP contribution is 2.33. The van der Waals surface area contributed by atoms with Crippen molar-refractivity contribution in [3.8, 4) is 17.2 Å². The molecule has 3 rings (SSSR count). The summed E-state index contributed by atoms with van der Waals surface area (Å²) in [5, 5.41) is 0. The maximum absolute atomic E-state index is 13.1. The van der Waals surface area contributed by atoms with Gasteiger partial charge in [-0.2, -0.15) is 0 Å². The number of benzene rings is 2. The lowest BCUT2D eigenvalue weighted by Crippen LogP contribution is -2.24. The quantitative estimate of drug-likeness (QED) is 0.700. The van der Waals surface area contributed by atoms with Gasteiger partial charge in [-0.25, -0.2) is 4.39 Å². The maximum Gasteiger partial charge on any atom is 0.256 e. The first-order valence-corrected chi connectivity index (χ1v) is 8.01. The van der Waals surface area contributed by atoms with E-state index < -0.39 is 17.2 Å². The number of nitrogens with two attached hydrogens (primary N) is 1. The number of anilines is 1. The summed E-state index contributed by atoms with van der Waals surface area (Å²) in [6.45, 7) is 0. The summed E-state index contributed by atoms with van der Waals surface area (Å²) in [6.07, 6.45) is 0. The van der Waals surface area contributed by atoms with Crippen LogP contribution >= 0.6 is 0 Å². The highest BCUT2D eigenvalue weighted by atomic mass is 19.1. The zero-order valence-corrected chi connectivity index (χ0v) is 14.7. The Morgan fingerprint density at radius 1 is 0.963 bits per heavy atom. The second-order valence-electron chi connectivity index (χ2n) is 5.65. The van der Waals surface area contributed by atoms with Gasteiger partial charge in [-0.15, -0.1) is 0 Å². The van der Waals surface area contributed by atoms with Crippen LogP contribution in [0.4, 0.5) is 10.2 Å². The third-order valence-electron chi connectivity index (χ3n) is 4.11. The Kier molecular flexibility index (Phi) is 4.94. The minimum atomic E-state index is -0.455. The van der Waals surface area contributed by atoms with Crippen molar-refractivity contribution in [3.05, 3.63) is 81.9 Å². The van der Waals surface area contributed by atoms with Gasteiger partial charge < -0.3 is 15.2 Å². The predicted molar refractivity (Wildman–Crippen MR) is 99.4 cm³/mol. The van der Waals surface area contributed by atoms with E-state index in [0.717, 1.165) is 4.57 Å². The second kappa shape index (κ2) is 7.33. The zero-order chi connectivity index (χ0) is 19.6. The van der Waals surface area contributed by atoms with Gasteiger partial charge in [0.15, 0.2) is 5.78 Å². The number of ketones is 1.